The topological polar surface area (TPSA) is 333 Å². The van der Waals surface area contributed by atoms with E-state index >= 15 is 0 Å². The van der Waals surface area contributed by atoms with Gasteiger partial charge in [0.1, 0.15) is 73.2 Å². The molecule has 1 amide bonds. The molecule has 0 spiro atoms. The molecule has 0 aromatic carbocycles. The number of aliphatic hydroxyl groups is 11. The number of carbonyl (C=O) groups is 1. The Kier molecular flexibility index (Phi) is 15.0. The van der Waals surface area contributed by atoms with Crippen molar-refractivity contribution in [3.63, 3.8) is 0 Å². The molecule has 0 radical (unpaired) electrons. The Bertz CT molecular complexity index is 960. The van der Waals surface area contributed by atoms with Crippen LogP contribution in [-0.4, -0.2) is 199 Å². The molecule has 3 rings (SSSR count). The maximum atomic E-state index is 11.8. The lowest BCUT2D eigenvalue weighted by Crippen LogP contribution is -2.66. The average molecular weight is 675 g/mol. The second-order valence-electron chi connectivity index (χ2n) is 11.0. The van der Waals surface area contributed by atoms with Crippen LogP contribution in [0.4, 0.5) is 0 Å². The number of hydrogen-bond donors (Lipinski definition) is 13. The second-order valence-corrected chi connectivity index (χ2v) is 11.0. The summed E-state index contributed by atoms with van der Waals surface area (Å²) in [5.74, 6) is -0.612. The Morgan fingerprint density at radius 1 is 0.739 bits per heavy atom. The molecule has 0 saturated carbocycles. The Morgan fingerprint density at radius 2 is 1.20 bits per heavy atom. The molecule has 3 fully saturated rings. The van der Waals surface area contributed by atoms with Crippen molar-refractivity contribution in [3.05, 3.63) is 12.2 Å². The highest BCUT2D eigenvalue weighted by Crippen LogP contribution is 2.32. The van der Waals surface area contributed by atoms with E-state index in [1.807, 2.05) is 0 Å². The monoisotopic (exact) mass is 674 g/mol. The maximum absolute atomic E-state index is 11.8. The molecule has 14 N–H and O–H groups in total. The van der Waals surface area contributed by atoms with Crippen molar-refractivity contribution in [1.82, 2.24) is 5.32 Å². The lowest BCUT2D eigenvalue weighted by Gasteiger charge is -2.48. The van der Waals surface area contributed by atoms with E-state index in [2.05, 4.69) is 5.32 Å². The Hall–Kier alpha value is -1.51. The van der Waals surface area contributed by atoms with Gasteiger partial charge >= 0.3 is 0 Å². The Morgan fingerprint density at radius 3 is 1.67 bits per heavy atom. The van der Waals surface area contributed by atoms with Crippen molar-refractivity contribution < 1.29 is 89.4 Å². The first-order valence-electron chi connectivity index (χ1n) is 14.6. The first-order chi connectivity index (χ1) is 21.8. The molecule has 3 aliphatic heterocycles. The number of allylic oxidation sites excluding steroid dienone is 1. The van der Waals surface area contributed by atoms with Gasteiger partial charge in [-0.1, -0.05) is 12.2 Å². The highest BCUT2D eigenvalue weighted by molar-refractivity contribution is 5.78. The van der Waals surface area contributed by atoms with E-state index in [0.717, 1.165) is 0 Å². The molecule has 0 bridgehead atoms. The number of ether oxygens (including phenoxy) is 6. The standard InChI is InChI=1S/C26H46N2O18/c1-2-3-10(32)9(28-14(33)4-27)8-41-24-20(39)17(36)22(12(6-30)43-24)46-26-21(40)18(37)23(13(7-31)44-26)45-25-19(38)16(35)15(34)11(5-29)42-25/h2-3,9-13,15-26,29-32,34-40H,4-8,27H2,1H3,(H,28,33)/b3-2+/t9-,10+,11+,12+,13+,15-,16-,17+,18+,19+,20+,21+,22+,23-,24+,25+,26-/m0/s1. The summed E-state index contributed by atoms with van der Waals surface area (Å²) in [5.41, 5.74) is 5.31. The first kappa shape index (κ1) is 38.9. The summed E-state index contributed by atoms with van der Waals surface area (Å²) in [6.45, 7) is -1.63. The van der Waals surface area contributed by atoms with E-state index in [1.165, 1.54) is 12.2 Å². The normalized spacial score (nSPS) is 43.4. The molecule has 46 heavy (non-hydrogen) atoms. The number of amides is 1. The molecule has 3 heterocycles. The minimum atomic E-state index is -1.98. The fraction of sp³-hybridized carbons (Fsp3) is 0.885. The van der Waals surface area contributed by atoms with E-state index in [0.29, 0.717) is 0 Å². The summed E-state index contributed by atoms with van der Waals surface area (Å²) >= 11 is 0. The fourth-order valence-corrected chi connectivity index (χ4v) is 5.20. The van der Waals surface area contributed by atoms with Gasteiger partial charge in [0.2, 0.25) is 5.91 Å². The number of aliphatic hydroxyl groups excluding tert-OH is 11. The largest absolute Gasteiger partial charge is 0.394 e. The van der Waals surface area contributed by atoms with E-state index in [4.69, 9.17) is 34.2 Å². The van der Waals surface area contributed by atoms with E-state index in [1.54, 1.807) is 6.92 Å². The summed E-state index contributed by atoms with van der Waals surface area (Å²) in [6.07, 6.45) is -24.0. The van der Waals surface area contributed by atoms with Gasteiger partial charge in [-0.25, -0.2) is 0 Å². The summed E-state index contributed by atoms with van der Waals surface area (Å²) in [5, 5.41) is 116. The zero-order valence-corrected chi connectivity index (χ0v) is 24.9. The van der Waals surface area contributed by atoms with Crippen LogP contribution >= 0.6 is 0 Å². The molecular weight excluding hydrogens is 628 g/mol. The zero-order chi connectivity index (χ0) is 34.3. The van der Waals surface area contributed by atoms with Crippen molar-refractivity contribution in [2.45, 2.75) is 111 Å². The van der Waals surface area contributed by atoms with Crippen LogP contribution in [0.3, 0.4) is 0 Å². The summed E-state index contributed by atoms with van der Waals surface area (Å²) in [6, 6.07) is -1.04. The summed E-state index contributed by atoms with van der Waals surface area (Å²) in [4.78, 5) is 11.8. The number of carbonyl (C=O) groups excluding carboxylic acids is 1. The number of rotatable bonds is 14. The summed E-state index contributed by atoms with van der Waals surface area (Å²) in [7, 11) is 0. The van der Waals surface area contributed by atoms with Crippen LogP contribution < -0.4 is 11.1 Å². The Labute approximate surface area is 263 Å². The van der Waals surface area contributed by atoms with E-state index in [-0.39, 0.29) is 6.54 Å². The van der Waals surface area contributed by atoms with Gasteiger partial charge in [0.25, 0.3) is 0 Å². The first-order valence-corrected chi connectivity index (χ1v) is 14.6. The highest BCUT2D eigenvalue weighted by atomic mass is 16.8. The smallest absolute Gasteiger partial charge is 0.234 e. The minimum absolute atomic E-state index is 0.381. The molecule has 3 saturated heterocycles. The van der Waals surface area contributed by atoms with Crippen LogP contribution in [0.2, 0.25) is 0 Å². The van der Waals surface area contributed by atoms with E-state index < -0.39 is 137 Å². The molecule has 17 atom stereocenters. The Balaban J connectivity index is 1.68. The van der Waals surface area contributed by atoms with Gasteiger partial charge in [0.05, 0.1) is 45.1 Å². The molecule has 3 aliphatic rings. The average Bonchev–Trinajstić information content (AvgIpc) is 3.05. The zero-order valence-electron chi connectivity index (χ0n) is 24.9. The van der Waals surface area contributed by atoms with Crippen LogP contribution in [0.1, 0.15) is 6.92 Å². The van der Waals surface area contributed by atoms with Crippen LogP contribution in [-0.2, 0) is 33.2 Å². The SMILES string of the molecule is C/C=C/[C@@H](O)[C@H](CO[C@@H]1O[C@H](CO)[C@@H](O[C@@H]2O[C@H](CO)[C@H](O[C@H]3O[C@H](CO)[C@H](O)[C@H](O)[C@H]3O)[C@H](O)[C@H]2O)[C@H](O)[C@H]1O)NC(=O)CN. The molecule has 20 nitrogen and oxygen atoms in total. The van der Waals surface area contributed by atoms with Crippen LogP contribution in [0.5, 0.6) is 0 Å². The van der Waals surface area contributed by atoms with Crippen molar-refractivity contribution in [1.29, 1.82) is 0 Å². The lowest BCUT2D eigenvalue weighted by atomic mass is 9.96. The maximum Gasteiger partial charge on any atom is 0.234 e. The quantitative estimate of drug-likeness (QED) is 0.0761. The molecule has 0 aliphatic carbocycles. The minimum Gasteiger partial charge on any atom is -0.394 e. The molecular formula is C26H46N2O18. The summed E-state index contributed by atoms with van der Waals surface area (Å²) < 4.78 is 33.0. The number of hydrogen-bond acceptors (Lipinski definition) is 19. The van der Waals surface area contributed by atoms with Gasteiger partial charge in [-0.15, -0.1) is 0 Å². The predicted molar refractivity (Wildman–Crippen MR) is 147 cm³/mol. The van der Waals surface area contributed by atoms with Gasteiger partial charge in [0.15, 0.2) is 18.9 Å². The van der Waals surface area contributed by atoms with Crippen molar-refractivity contribution in [3.8, 4) is 0 Å². The predicted octanol–water partition coefficient (Wildman–Crippen LogP) is -8.17. The van der Waals surface area contributed by atoms with Crippen molar-refractivity contribution >= 4 is 5.91 Å². The van der Waals surface area contributed by atoms with Crippen LogP contribution in [0.15, 0.2) is 12.2 Å². The van der Waals surface area contributed by atoms with Gasteiger partial charge in [-0.3, -0.25) is 4.79 Å². The number of nitrogens with one attached hydrogen (secondary N) is 1. The second kappa shape index (κ2) is 17.8. The number of nitrogens with two attached hydrogens (primary N) is 1. The third-order valence-electron chi connectivity index (χ3n) is 7.85. The van der Waals surface area contributed by atoms with Crippen molar-refractivity contribution in [2.24, 2.45) is 5.73 Å². The third-order valence-corrected chi connectivity index (χ3v) is 7.85. The fourth-order valence-electron chi connectivity index (χ4n) is 5.20. The van der Waals surface area contributed by atoms with Gasteiger partial charge < -0.3 is 95.6 Å². The molecule has 20 heteroatoms. The van der Waals surface area contributed by atoms with Gasteiger partial charge in [-0.05, 0) is 6.92 Å². The third kappa shape index (κ3) is 8.93. The van der Waals surface area contributed by atoms with Gasteiger partial charge in [-0.2, -0.15) is 0 Å². The van der Waals surface area contributed by atoms with Crippen LogP contribution in [0, 0.1) is 0 Å². The van der Waals surface area contributed by atoms with Crippen LogP contribution in [0.25, 0.3) is 0 Å². The molecule has 268 valence electrons. The van der Waals surface area contributed by atoms with Crippen molar-refractivity contribution in [2.75, 3.05) is 33.0 Å². The lowest BCUT2D eigenvalue weighted by molar-refractivity contribution is -0.379. The molecule has 0 unspecified atom stereocenters. The van der Waals surface area contributed by atoms with E-state index in [9.17, 15) is 61.0 Å². The van der Waals surface area contributed by atoms with Gasteiger partial charge in [0, 0.05) is 0 Å². The molecule has 0 aromatic rings. The molecule has 0 aromatic heterocycles. The highest BCUT2D eigenvalue weighted by Gasteiger charge is 2.53.